The van der Waals surface area contributed by atoms with E-state index < -0.39 is 0 Å². The van der Waals surface area contributed by atoms with Gasteiger partial charge in [0.25, 0.3) is 0 Å². The Kier molecular flexibility index (Phi) is 1.92. The van der Waals surface area contributed by atoms with Crippen LogP contribution in [-0.4, -0.2) is 7.85 Å². The topological polar surface area (TPSA) is 0 Å². The smallest absolute Gasteiger partial charge is 0.0647 e. The summed E-state index contributed by atoms with van der Waals surface area (Å²) in [7, 11) is 6.64. The van der Waals surface area contributed by atoms with Crippen molar-refractivity contribution in [3.63, 3.8) is 0 Å². The van der Waals surface area contributed by atoms with Crippen LogP contribution in [0.25, 0.3) is 0 Å². The van der Waals surface area contributed by atoms with Crippen LogP contribution in [0.2, 0.25) is 5.31 Å². The summed E-state index contributed by atoms with van der Waals surface area (Å²) in [5, 5.41) is 0.167. The standard InChI is InChI=1S/C16H19B/c17-16-9-12-6-13(10-16)8-15(7-12,11-16)14-4-2-1-3-5-14/h1-5,12-13H,6-11H2. The summed E-state index contributed by atoms with van der Waals surface area (Å²) in [6.45, 7) is 0. The monoisotopic (exact) mass is 222 g/mol. The molecular formula is C16H19B. The summed E-state index contributed by atoms with van der Waals surface area (Å²) in [4.78, 5) is 0. The minimum Gasteiger partial charge on any atom is -0.0647 e. The molecule has 0 aliphatic heterocycles. The van der Waals surface area contributed by atoms with Gasteiger partial charge in [-0.1, -0.05) is 48.5 Å². The Hall–Kier alpha value is -0.715. The number of hydrogen-bond acceptors (Lipinski definition) is 0. The van der Waals surface area contributed by atoms with E-state index in [2.05, 4.69) is 30.3 Å². The van der Waals surface area contributed by atoms with Crippen LogP contribution in [0.4, 0.5) is 0 Å². The van der Waals surface area contributed by atoms with E-state index in [9.17, 15) is 0 Å². The molecule has 2 radical (unpaired) electrons. The van der Waals surface area contributed by atoms with Crippen LogP contribution < -0.4 is 0 Å². The Morgan fingerprint density at radius 3 is 2.18 bits per heavy atom. The molecule has 4 aliphatic carbocycles. The molecule has 17 heavy (non-hydrogen) atoms. The average Bonchev–Trinajstić information content (AvgIpc) is 2.27. The van der Waals surface area contributed by atoms with Gasteiger partial charge >= 0.3 is 0 Å². The summed E-state index contributed by atoms with van der Waals surface area (Å²) in [5.41, 5.74) is 1.99. The van der Waals surface area contributed by atoms with E-state index in [1.165, 1.54) is 38.5 Å². The third kappa shape index (κ3) is 1.44. The highest BCUT2D eigenvalue weighted by Crippen LogP contribution is 2.67. The second-order valence-electron chi connectivity index (χ2n) is 6.97. The van der Waals surface area contributed by atoms with Crippen molar-refractivity contribution in [3.8, 4) is 0 Å². The zero-order valence-corrected chi connectivity index (χ0v) is 10.4. The van der Waals surface area contributed by atoms with Gasteiger partial charge in [0, 0.05) is 0 Å². The molecule has 86 valence electrons. The number of benzene rings is 1. The highest BCUT2D eigenvalue weighted by atomic mass is 14.6. The van der Waals surface area contributed by atoms with Crippen molar-refractivity contribution in [2.75, 3.05) is 0 Å². The zero-order chi connectivity index (χ0) is 11.5. The van der Waals surface area contributed by atoms with Crippen molar-refractivity contribution < 1.29 is 0 Å². The summed E-state index contributed by atoms with van der Waals surface area (Å²) in [6.07, 6.45) is 8.06. The summed E-state index contributed by atoms with van der Waals surface area (Å²) in [5.74, 6) is 1.81. The highest BCUT2D eigenvalue weighted by Gasteiger charge is 2.55. The molecule has 4 fully saturated rings. The van der Waals surface area contributed by atoms with Gasteiger partial charge in [-0.3, -0.25) is 0 Å². The van der Waals surface area contributed by atoms with Crippen LogP contribution in [0.3, 0.4) is 0 Å². The molecule has 0 amide bonds. The Labute approximate surface area is 105 Å². The van der Waals surface area contributed by atoms with Crippen LogP contribution in [0.5, 0.6) is 0 Å². The second-order valence-corrected chi connectivity index (χ2v) is 6.97. The lowest BCUT2D eigenvalue weighted by Crippen LogP contribution is -2.51. The van der Waals surface area contributed by atoms with Crippen LogP contribution >= 0.6 is 0 Å². The normalized spacial score (nSPS) is 47.3. The molecule has 1 heteroatoms. The van der Waals surface area contributed by atoms with Crippen molar-refractivity contribution in [2.24, 2.45) is 11.8 Å². The predicted molar refractivity (Wildman–Crippen MR) is 71.2 cm³/mol. The minimum atomic E-state index is 0.167. The van der Waals surface area contributed by atoms with Crippen molar-refractivity contribution in [1.82, 2.24) is 0 Å². The Morgan fingerprint density at radius 1 is 0.941 bits per heavy atom. The van der Waals surface area contributed by atoms with E-state index >= 15 is 0 Å². The predicted octanol–water partition coefficient (Wildman–Crippen LogP) is 3.87. The fourth-order valence-corrected chi connectivity index (χ4v) is 5.46. The number of rotatable bonds is 1. The quantitative estimate of drug-likeness (QED) is 0.633. The first kappa shape index (κ1) is 10.2. The summed E-state index contributed by atoms with van der Waals surface area (Å²) >= 11 is 0. The van der Waals surface area contributed by atoms with Gasteiger partial charge in [-0.05, 0) is 48.5 Å². The average molecular weight is 222 g/mol. The van der Waals surface area contributed by atoms with Gasteiger partial charge in [0.05, 0.1) is 7.85 Å². The van der Waals surface area contributed by atoms with Crippen molar-refractivity contribution >= 4 is 7.85 Å². The first-order chi connectivity index (χ1) is 8.18. The fraction of sp³-hybridized carbons (Fsp3) is 0.625. The molecule has 0 aromatic heterocycles. The fourth-order valence-electron chi connectivity index (χ4n) is 5.46. The Morgan fingerprint density at radius 2 is 1.59 bits per heavy atom. The van der Waals surface area contributed by atoms with E-state index in [1.807, 2.05) is 0 Å². The lowest BCUT2D eigenvalue weighted by molar-refractivity contribution is 0.00465. The lowest BCUT2D eigenvalue weighted by atomic mass is 9.38. The molecule has 5 rings (SSSR count). The molecular weight excluding hydrogens is 203 g/mol. The van der Waals surface area contributed by atoms with Gasteiger partial charge in [-0.2, -0.15) is 0 Å². The first-order valence-electron chi connectivity index (χ1n) is 7.02. The molecule has 0 spiro atoms. The van der Waals surface area contributed by atoms with Crippen molar-refractivity contribution in [2.45, 2.75) is 49.3 Å². The molecule has 2 unspecified atom stereocenters. The van der Waals surface area contributed by atoms with Crippen molar-refractivity contribution in [3.05, 3.63) is 35.9 Å². The molecule has 0 saturated heterocycles. The van der Waals surface area contributed by atoms with Crippen molar-refractivity contribution in [1.29, 1.82) is 0 Å². The molecule has 0 heterocycles. The molecule has 2 atom stereocenters. The van der Waals surface area contributed by atoms with Crippen LogP contribution in [-0.2, 0) is 5.41 Å². The zero-order valence-electron chi connectivity index (χ0n) is 10.4. The molecule has 4 bridgehead atoms. The minimum absolute atomic E-state index is 0.167. The molecule has 0 N–H and O–H groups in total. The van der Waals surface area contributed by atoms with Gasteiger partial charge in [-0.25, -0.2) is 0 Å². The highest BCUT2D eigenvalue weighted by molar-refractivity contribution is 6.15. The van der Waals surface area contributed by atoms with Gasteiger partial charge in [0.15, 0.2) is 0 Å². The maximum atomic E-state index is 6.64. The van der Waals surface area contributed by atoms with Gasteiger partial charge in [0.2, 0.25) is 0 Å². The summed E-state index contributed by atoms with van der Waals surface area (Å²) in [6, 6.07) is 11.2. The SMILES string of the molecule is [B]C12CC3CC(C1)CC(c1ccccc1)(C3)C2. The van der Waals surface area contributed by atoms with E-state index in [4.69, 9.17) is 7.85 Å². The van der Waals surface area contributed by atoms with Crippen LogP contribution in [0, 0.1) is 11.8 Å². The van der Waals surface area contributed by atoms with E-state index in [1.54, 1.807) is 5.56 Å². The maximum Gasteiger partial charge on any atom is 0.0746 e. The Bertz CT molecular complexity index is 422. The maximum absolute atomic E-state index is 6.64. The molecule has 4 aliphatic rings. The van der Waals surface area contributed by atoms with Crippen LogP contribution in [0.1, 0.15) is 44.1 Å². The first-order valence-corrected chi connectivity index (χ1v) is 7.02. The second kappa shape index (κ2) is 3.19. The third-order valence-electron chi connectivity index (χ3n) is 5.49. The molecule has 4 saturated carbocycles. The lowest BCUT2D eigenvalue weighted by Gasteiger charge is -2.62. The molecule has 1 aromatic carbocycles. The van der Waals surface area contributed by atoms with Gasteiger partial charge in [0.1, 0.15) is 0 Å². The van der Waals surface area contributed by atoms with E-state index in [-0.39, 0.29) is 5.31 Å². The van der Waals surface area contributed by atoms with E-state index in [0.29, 0.717) is 5.41 Å². The Balaban J connectivity index is 1.79. The van der Waals surface area contributed by atoms with Gasteiger partial charge < -0.3 is 0 Å². The molecule has 0 nitrogen and oxygen atoms in total. The van der Waals surface area contributed by atoms with Gasteiger partial charge in [-0.15, -0.1) is 0 Å². The number of hydrogen-bond donors (Lipinski definition) is 0. The van der Waals surface area contributed by atoms with E-state index in [0.717, 1.165) is 11.8 Å². The van der Waals surface area contributed by atoms with Crippen LogP contribution in [0.15, 0.2) is 30.3 Å². The largest absolute Gasteiger partial charge is 0.0746 e. The molecule has 1 aromatic rings. The third-order valence-corrected chi connectivity index (χ3v) is 5.49. The summed E-state index contributed by atoms with van der Waals surface area (Å²) < 4.78 is 0.